The topological polar surface area (TPSA) is 43.4 Å². The Labute approximate surface area is 160 Å². The number of rotatable bonds is 10. The summed E-state index contributed by atoms with van der Waals surface area (Å²) >= 11 is 12.5. The molecule has 6 heteroatoms. The summed E-state index contributed by atoms with van der Waals surface area (Å²) in [6.45, 7) is 2.35. The lowest BCUT2D eigenvalue weighted by molar-refractivity contribution is 0.306. The van der Waals surface area contributed by atoms with Crippen molar-refractivity contribution in [3.05, 3.63) is 40.4 Å². The van der Waals surface area contributed by atoms with Crippen LogP contribution in [0.25, 0.3) is 10.8 Å². The Kier molecular flexibility index (Phi) is 8.01. The number of hydrogen-bond donors (Lipinski definition) is 0. The van der Waals surface area contributed by atoms with Gasteiger partial charge in [0.05, 0.1) is 11.6 Å². The number of benzene rings is 2. The molecule has 2 aromatic carbocycles. The van der Waals surface area contributed by atoms with Gasteiger partial charge < -0.3 is 0 Å². The first-order valence-electron chi connectivity index (χ1n) is 8.73. The van der Waals surface area contributed by atoms with Gasteiger partial charge in [-0.3, -0.25) is 4.18 Å². The van der Waals surface area contributed by atoms with E-state index in [1.54, 1.807) is 18.2 Å². The minimum Gasteiger partial charge on any atom is -0.266 e. The van der Waals surface area contributed by atoms with Crippen molar-refractivity contribution in [2.24, 2.45) is 0 Å². The van der Waals surface area contributed by atoms with E-state index in [-0.39, 0.29) is 16.5 Å². The van der Waals surface area contributed by atoms with Crippen LogP contribution in [0.3, 0.4) is 0 Å². The van der Waals surface area contributed by atoms with E-state index in [0.717, 1.165) is 18.2 Å². The van der Waals surface area contributed by atoms with Crippen molar-refractivity contribution in [3.8, 4) is 0 Å². The van der Waals surface area contributed by atoms with Gasteiger partial charge >= 0.3 is 0 Å². The zero-order valence-corrected chi connectivity index (χ0v) is 16.8. The minimum absolute atomic E-state index is 0.0687. The molecule has 2 aromatic rings. The predicted molar refractivity (Wildman–Crippen MR) is 105 cm³/mol. The van der Waals surface area contributed by atoms with Crippen molar-refractivity contribution < 1.29 is 12.6 Å². The van der Waals surface area contributed by atoms with Crippen molar-refractivity contribution in [2.45, 2.75) is 56.8 Å². The van der Waals surface area contributed by atoms with Crippen LogP contribution < -0.4 is 0 Å². The molecule has 0 heterocycles. The molecule has 0 radical (unpaired) electrons. The molecule has 0 fully saturated rings. The molecule has 0 aliphatic heterocycles. The zero-order valence-electron chi connectivity index (χ0n) is 14.4. The maximum atomic E-state index is 12.5. The average Bonchev–Trinajstić information content (AvgIpc) is 2.60. The van der Waals surface area contributed by atoms with Crippen LogP contribution >= 0.6 is 23.2 Å². The third kappa shape index (κ3) is 5.58. The lowest BCUT2D eigenvalue weighted by Crippen LogP contribution is -2.08. The zero-order chi connectivity index (χ0) is 18.3. The molecule has 25 heavy (non-hydrogen) atoms. The van der Waals surface area contributed by atoms with Gasteiger partial charge in [0.2, 0.25) is 0 Å². The Hall–Kier alpha value is -0.810. The summed E-state index contributed by atoms with van der Waals surface area (Å²) in [6.07, 6.45) is 7.68. The van der Waals surface area contributed by atoms with E-state index in [2.05, 4.69) is 6.92 Å². The van der Waals surface area contributed by atoms with Gasteiger partial charge in [-0.15, -0.1) is 0 Å². The Balaban J connectivity index is 1.98. The van der Waals surface area contributed by atoms with Crippen LogP contribution in [0.15, 0.2) is 35.2 Å². The molecule has 0 aromatic heterocycles. The molecule has 0 aliphatic carbocycles. The van der Waals surface area contributed by atoms with Gasteiger partial charge in [-0.2, -0.15) is 8.42 Å². The molecule has 0 spiro atoms. The SMILES string of the molecule is CCCCCCCCCOS(=O)(=O)c1cc(Cl)c2ccccc2c1Cl. The Bertz CT molecular complexity index is 804. The molecule has 0 saturated heterocycles. The maximum Gasteiger partial charge on any atom is 0.298 e. The summed E-state index contributed by atoms with van der Waals surface area (Å²) in [7, 11) is -3.92. The molecule has 0 aliphatic rings. The standard InChI is InChI=1S/C19H24Cl2O3S/c1-2-3-4-5-6-7-10-13-24-25(22,23)18-14-17(20)15-11-8-9-12-16(15)19(18)21/h8-9,11-12,14H,2-7,10,13H2,1H3. The van der Waals surface area contributed by atoms with Gasteiger partial charge in [-0.25, -0.2) is 0 Å². The fraction of sp³-hybridized carbons (Fsp3) is 0.474. The highest BCUT2D eigenvalue weighted by molar-refractivity contribution is 7.87. The van der Waals surface area contributed by atoms with Crippen molar-refractivity contribution in [3.63, 3.8) is 0 Å². The monoisotopic (exact) mass is 402 g/mol. The van der Waals surface area contributed by atoms with Crippen LogP contribution in [0, 0.1) is 0 Å². The summed E-state index contributed by atoms with van der Waals surface area (Å²) in [5.74, 6) is 0. The molecule has 0 amide bonds. The summed E-state index contributed by atoms with van der Waals surface area (Å²) in [5.41, 5.74) is 0. The van der Waals surface area contributed by atoms with Gasteiger partial charge in [-0.05, 0) is 12.5 Å². The normalized spacial score (nSPS) is 12.0. The molecule has 138 valence electrons. The van der Waals surface area contributed by atoms with Crippen molar-refractivity contribution in [1.29, 1.82) is 0 Å². The largest absolute Gasteiger partial charge is 0.298 e. The second-order valence-corrected chi connectivity index (χ2v) is 8.48. The Morgan fingerprint density at radius 3 is 2.20 bits per heavy atom. The quantitative estimate of drug-likeness (QED) is 0.331. The van der Waals surface area contributed by atoms with E-state index >= 15 is 0 Å². The van der Waals surface area contributed by atoms with Crippen molar-refractivity contribution in [1.82, 2.24) is 0 Å². The van der Waals surface area contributed by atoms with Crippen LogP contribution in [0.5, 0.6) is 0 Å². The van der Waals surface area contributed by atoms with Gasteiger partial charge in [0.25, 0.3) is 10.1 Å². The molecular formula is C19H24Cl2O3S. The minimum atomic E-state index is -3.92. The van der Waals surface area contributed by atoms with Crippen LogP contribution in [0.1, 0.15) is 51.9 Å². The Morgan fingerprint density at radius 1 is 0.920 bits per heavy atom. The first kappa shape index (κ1) is 20.5. The van der Waals surface area contributed by atoms with Gasteiger partial charge in [0, 0.05) is 15.8 Å². The van der Waals surface area contributed by atoms with Gasteiger partial charge in [0.1, 0.15) is 4.90 Å². The first-order chi connectivity index (χ1) is 12.0. The molecule has 0 atom stereocenters. The summed E-state index contributed by atoms with van der Waals surface area (Å²) in [6, 6.07) is 8.54. The van der Waals surface area contributed by atoms with E-state index in [1.165, 1.54) is 31.7 Å². The van der Waals surface area contributed by atoms with E-state index in [4.69, 9.17) is 27.4 Å². The second-order valence-electron chi connectivity index (χ2n) is 6.11. The second kappa shape index (κ2) is 9.77. The summed E-state index contributed by atoms with van der Waals surface area (Å²) in [4.78, 5) is -0.0687. The first-order valence-corrected chi connectivity index (χ1v) is 10.9. The summed E-state index contributed by atoms with van der Waals surface area (Å²) in [5, 5.41) is 1.83. The van der Waals surface area contributed by atoms with Crippen LogP contribution in [-0.4, -0.2) is 15.0 Å². The number of hydrogen-bond acceptors (Lipinski definition) is 3. The molecule has 0 bridgehead atoms. The van der Waals surface area contributed by atoms with Gasteiger partial charge in [0.15, 0.2) is 0 Å². The highest BCUT2D eigenvalue weighted by Crippen LogP contribution is 2.36. The van der Waals surface area contributed by atoms with Crippen LogP contribution in [-0.2, 0) is 14.3 Å². The number of halogens is 2. The fourth-order valence-electron chi connectivity index (χ4n) is 2.74. The molecular weight excluding hydrogens is 379 g/mol. The van der Waals surface area contributed by atoms with Crippen LogP contribution in [0.2, 0.25) is 10.0 Å². The fourth-order valence-corrected chi connectivity index (χ4v) is 4.64. The molecule has 3 nitrogen and oxygen atoms in total. The summed E-state index contributed by atoms with van der Waals surface area (Å²) < 4.78 is 30.1. The molecule has 0 saturated carbocycles. The van der Waals surface area contributed by atoms with Crippen LogP contribution in [0.4, 0.5) is 0 Å². The van der Waals surface area contributed by atoms with E-state index in [9.17, 15) is 8.42 Å². The average molecular weight is 403 g/mol. The maximum absolute atomic E-state index is 12.5. The molecule has 0 N–H and O–H groups in total. The molecule has 2 rings (SSSR count). The highest BCUT2D eigenvalue weighted by atomic mass is 35.5. The third-order valence-corrected chi connectivity index (χ3v) is 6.32. The van der Waals surface area contributed by atoms with Gasteiger partial charge in [-0.1, -0.05) is 92.9 Å². The predicted octanol–water partition coefficient (Wildman–Crippen LogP) is 6.60. The van der Waals surface area contributed by atoms with E-state index < -0.39 is 10.1 Å². The smallest absolute Gasteiger partial charge is 0.266 e. The number of fused-ring (bicyclic) bond motifs is 1. The van der Waals surface area contributed by atoms with Crippen molar-refractivity contribution in [2.75, 3.05) is 6.61 Å². The van der Waals surface area contributed by atoms with E-state index in [1.807, 2.05) is 6.07 Å². The lowest BCUT2D eigenvalue weighted by Gasteiger charge is -2.11. The Morgan fingerprint density at radius 2 is 1.52 bits per heavy atom. The van der Waals surface area contributed by atoms with Crippen molar-refractivity contribution >= 4 is 44.1 Å². The highest BCUT2D eigenvalue weighted by Gasteiger charge is 2.22. The number of unbranched alkanes of at least 4 members (excludes halogenated alkanes) is 6. The lowest BCUT2D eigenvalue weighted by atomic mass is 10.1. The van der Waals surface area contributed by atoms with E-state index in [0.29, 0.717) is 16.8 Å². The molecule has 0 unspecified atom stereocenters. The third-order valence-electron chi connectivity index (χ3n) is 4.15.